The topological polar surface area (TPSA) is 87.5 Å². The number of nitrogens with zero attached hydrogens (tertiary/aromatic N) is 1. The number of hydrazine groups is 3. The first-order chi connectivity index (χ1) is 6.63. The summed E-state index contributed by atoms with van der Waals surface area (Å²) in [5.41, 5.74) is 2.96. The maximum atomic E-state index is 11.6. The number of nitrogens with two attached hydrogens (primary N) is 1. The van der Waals surface area contributed by atoms with Gasteiger partial charge in [-0.1, -0.05) is 18.2 Å². The van der Waals surface area contributed by atoms with Gasteiger partial charge in [0.05, 0.1) is 11.4 Å². The van der Waals surface area contributed by atoms with Gasteiger partial charge >= 0.3 is 0 Å². The molecule has 0 bridgehead atoms. The Morgan fingerprint density at radius 1 is 1.43 bits per heavy atom. The normalized spacial score (nSPS) is 20.4. The maximum absolute atomic E-state index is 11.6. The van der Waals surface area contributed by atoms with Gasteiger partial charge in [0.2, 0.25) is 0 Å². The number of nitrogens with one attached hydrogen (secondary N) is 2. The van der Waals surface area contributed by atoms with Crippen molar-refractivity contribution in [3.05, 3.63) is 29.8 Å². The second-order valence-electron chi connectivity index (χ2n) is 2.92. The molecular formula is C7H10N4O2S. The second kappa shape index (κ2) is 3.30. The Kier molecular flexibility index (Phi) is 2.25. The molecule has 0 fully saturated rings. The highest BCUT2D eigenvalue weighted by atomic mass is 32.2. The Morgan fingerprint density at radius 3 is 2.86 bits per heavy atom. The first-order valence-corrected chi connectivity index (χ1v) is 5.46. The van der Waals surface area contributed by atoms with Crippen molar-refractivity contribution in [2.24, 2.45) is 5.84 Å². The lowest BCUT2D eigenvalue weighted by molar-refractivity contribution is 0.141. The van der Waals surface area contributed by atoms with Crippen LogP contribution < -0.4 is 16.2 Å². The number of sulfonamides is 1. The molecular weight excluding hydrogens is 204 g/mol. The zero-order chi connectivity index (χ0) is 10.2. The highest BCUT2D eigenvalue weighted by Crippen LogP contribution is 2.20. The minimum absolute atomic E-state index is 0.298. The zero-order valence-electron chi connectivity index (χ0n) is 7.27. The van der Waals surface area contributed by atoms with Crippen LogP contribution in [0.25, 0.3) is 0 Å². The third-order valence-corrected chi connectivity index (χ3v) is 3.41. The molecule has 0 unspecified atom stereocenters. The molecule has 7 heteroatoms. The molecule has 0 aromatic heterocycles. The molecule has 0 radical (unpaired) electrons. The highest BCUT2D eigenvalue weighted by Gasteiger charge is 2.26. The van der Waals surface area contributed by atoms with Crippen molar-refractivity contribution >= 4 is 10.0 Å². The molecule has 76 valence electrons. The van der Waals surface area contributed by atoms with Crippen LogP contribution in [0.2, 0.25) is 0 Å². The van der Waals surface area contributed by atoms with Crippen molar-refractivity contribution in [3.63, 3.8) is 0 Å². The molecule has 0 spiro atoms. The fraction of sp³-hybridized carbons (Fsp3) is 0.143. The lowest BCUT2D eigenvalue weighted by Gasteiger charge is -2.27. The average molecular weight is 214 g/mol. The first-order valence-electron chi connectivity index (χ1n) is 3.97. The smallest absolute Gasteiger partial charge is 0.254 e. The van der Waals surface area contributed by atoms with Crippen LogP contribution in [-0.2, 0) is 16.6 Å². The van der Waals surface area contributed by atoms with E-state index in [4.69, 9.17) is 5.84 Å². The van der Waals surface area contributed by atoms with E-state index in [1.807, 2.05) is 0 Å². The third kappa shape index (κ3) is 1.51. The van der Waals surface area contributed by atoms with Crippen molar-refractivity contribution < 1.29 is 8.42 Å². The van der Waals surface area contributed by atoms with E-state index in [1.54, 1.807) is 24.3 Å². The van der Waals surface area contributed by atoms with Crippen LogP contribution in [0.5, 0.6) is 0 Å². The number of rotatable bonds is 1. The lowest BCUT2D eigenvalue weighted by atomic mass is 10.2. The largest absolute Gasteiger partial charge is 0.256 e. The predicted molar refractivity (Wildman–Crippen MR) is 49.6 cm³/mol. The Morgan fingerprint density at radius 2 is 2.14 bits per heavy atom. The van der Waals surface area contributed by atoms with Crippen molar-refractivity contribution in [3.8, 4) is 0 Å². The molecule has 14 heavy (non-hydrogen) atoms. The van der Waals surface area contributed by atoms with Gasteiger partial charge in [0.15, 0.2) is 0 Å². The van der Waals surface area contributed by atoms with Gasteiger partial charge in [0, 0.05) is 0 Å². The third-order valence-electron chi connectivity index (χ3n) is 1.98. The van der Waals surface area contributed by atoms with Gasteiger partial charge in [-0.2, -0.15) is 5.53 Å². The minimum Gasteiger partial charge on any atom is -0.256 e. The van der Waals surface area contributed by atoms with Crippen LogP contribution in [0.3, 0.4) is 0 Å². The van der Waals surface area contributed by atoms with E-state index < -0.39 is 10.0 Å². The molecule has 1 aliphatic rings. The maximum Gasteiger partial charge on any atom is 0.254 e. The van der Waals surface area contributed by atoms with E-state index in [0.717, 1.165) is 0 Å². The Hall–Kier alpha value is -0.990. The molecule has 0 aliphatic carbocycles. The highest BCUT2D eigenvalue weighted by molar-refractivity contribution is 7.89. The number of benzene rings is 1. The van der Waals surface area contributed by atoms with E-state index in [0.29, 0.717) is 17.0 Å². The Labute approximate surface area is 81.7 Å². The van der Waals surface area contributed by atoms with Gasteiger partial charge in [0.25, 0.3) is 10.0 Å². The van der Waals surface area contributed by atoms with Gasteiger partial charge in [-0.05, 0) is 11.6 Å². The van der Waals surface area contributed by atoms with Gasteiger partial charge in [-0.25, -0.2) is 8.42 Å². The van der Waals surface area contributed by atoms with Gasteiger partial charge in [0.1, 0.15) is 0 Å². The predicted octanol–water partition coefficient (Wildman–Crippen LogP) is -0.926. The molecule has 0 saturated carbocycles. The first kappa shape index (κ1) is 9.56. The van der Waals surface area contributed by atoms with E-state index in [2.05, 4.69) is 10.4 Å². The summed E-state index contributed by atoms with van der Waals surface area (Å²) in [6.45, 7) is 0.395. The van der Waals surface area contributed by atoms with Crippen LogP contribution in [0.1, 0.15) is 5.56 Å². The second-order valence-corrected chi connectivity index (χ2v) is 4.55. The Balaban J connectivity index is 2.53. The quantitative estimate of drug-likeness (QED) is 0.415. The van der Waals surface area contributed by atoms with Crippen LogP contribution >= 0.6 is 0 Å². The summed E-state index contributed by atoms with van der Waals surface area (Å²) < 4.78 is 23.2. The zero-order valence-corrected chi connectivity index (χ0v) is 8.08. The van der Waals surface area contributed by atoms with Crippen molar-refractivity contribution in [1.29, 1.82) is 0 Å². The summed E-state index contributed by atoms with van der Waals surface area (Å²) in [7, 11) is -3.47. The molecule has 1 aliphatic heterocycles. The lowest BCUT2D eigenvalue weighted by Crippen LogP contribution is -2.55. The van der Waals surface area contributed by atoms with Gasteiger partial charge in [-0.15, -0.1) is 9.95 Å². The minimum atomic E-state index is -3.47. The summed E-state index contributed by atoms with van der Waals surface area (Å²) in [5.74, 6) is 5.13. The van der Waals surface area contributed by atoms with Crippen LogP contribution in [0, 0.1) is 0 Å². The summed E-state index contributed by atoms with van der Waals surface area (Å²) in [5, 5.41) is 1.21. The molecule has 1 heterocycles. The van der Waals surface area contributed by atoms with Crippen LogP contribution in [-0.4, -0.2) is 13.5 Å². The molecule has 0 atom stereocenters. The molecule has 0 amide bonds. The van der Waals surface area contributed by atoms with Crippen LogP contribution in [0.15, 0.2) is 29.2 Å². The summed E-state index contributed by atoms with van der Waals surface area (Å²) in [6.07, 6.45) is 0. The van der Waals surface area contributed by atoms with Gasteiger partial charge in [-0.3, -0.25) is 5.84 Å². The fourth-order valence-electron chi connectivity index (χ4n) is 1.37. The standard InChI is InChI=1S/C7H10N4O2S/c8-9-11-5-6-3-1-2-4-7(6)14(12,13)10-11/h1-4,9-10H,5,8H2. The molecule has 0 saturated heterocycles. The van der Waals surface area contributed by atoms with E-state index >= 15 is 0 Å². The molecule has 6 nitrogen and oxygen atoms in total. The fourth-order valence-corrected chi connectivity index (χ4v) is 2.61. The molecule has 2 rings (SSSR count). The number of hydrogen-bond donors (Lipinski definition) is 3. The van der Waals surface area contributed by atoms with E-state index in [-0.39, 0.29) is 0 Å². The number of hydrogen-bond acceptors (Lipinski definition) is 5. The monoisotopic (exact) mass is 214 g/mol. The van der Waals surface area contributed by atoms with Crippen molar-refractivity contribution in [2.45, 2.75) is 11.4 Å². The summed E-state index contributed by atoms with van der Waals surface area (Å²) in [6, 6.07) is 6.78. The van der Waals surface area contributed by atoms with Crippen molar-refractivity contribution in [2.75, 3.05) is 0 Å². The van der Waals surface area contributed by atoms with E-state index in [1.165, 1.54) is 5.12 Å². The van der Waals surface area contributed by atoms with E-state index in [9.17, 15) is 8.42 Å². The Bertz CT molecular complexity index is 445. The van der Waals surface area contributed by atoms with Gasteiger partial charge < -0.3 is 0 Å². The summed E-state index contributed by atoms with van der Waals surface area (Å²) in [4.78, 5) is 2.57. The van der Waals surface area contributed by atoms with Crippen molar-refractivity contribution in [1.82, 2.24) is 15.5 Å². The molecule has 1 aromatic rings. The van der Waals surface area contributed by atoms with Crippen LogP contribution in [0.4, 0.5) is 0 Å². The molecule has 4 N–H and O–H groups in total. The SMILES string of the molecule is NNN1Cc2ccccc2S(=O)(=O)N1. The number of fused-ring (bicyclic) bond motifs is 1. The molecule has 1 aromatic carbocycles. The average Bonchev–Trinajstić information content (AvgIpc) is 2.17. The summed E-state index contributed by atoms with van der Waals surface area (Å²) >= 11 is 0.